The topological polar surface area (TPSA) is 0 Å². The van der Waals surface area contributed by atoms with Crippen LogP contribution in [0.1, 0.15) is 20.3 Å². The summed E-state index contributed by atoms with van der Waals surface area (Å²) in [6.07, 6.45) is 7.91. The van der Waals surface area contributed by atoms with Crippen molar-refractivity contribution in [1.82, 2.24) is 0 Å². The molecule has 0 amide bonds. The summed E-state index contributed by atoms with van der Waals surface area (Å²) in [6, 6.07) is 0. The number of hydrogen-bond donors (Lipinski definition) is 0. The zero-order valence-electron chi connectivity index (χ0n) is 6.92. The highest BCUT2D eigenvalue weighted by Crippen LogP contribution is 2.46. The molecule has 0 spiro atoms. The van der Waals surface area contributed by atoms with Crippen LogP contribution in [0.15, 0.2) is 34.8 Å². The van der Waals surface area contributed by atoms with Gasteiger partial charge < -0.3 is 0 Å². The minimum atomic E-state index is 0.360. The Labute approximate surface area is 72.1 Å². The van der Waals surface area contributed by atoms with Gasteiger partial charge in [-0.15, -0.1) is 11.8 Å². The van der Waals surface area contributed by atoms with Gasteiger partial charge in [-0.25, -0.2) is 0 Å². The van der Waals surface area contributed by atoms with Gasteiger partial charge in [-0.05, 0) is 31.2 Å². The van der Waals surface area contributed by atoms with Crippen LogP contribution in [-0.4, -0.2) is 4.75 Å². The van der Waals surface area contributed by atoms with Gasteiger partial charge >= 0.3 is 0 Å². The molecule has 0 radical (unpaired) electrons. The molecule has 2 aliphatic rings. The predicted molar refractivity (Wildman–Crippen MR) is 51.6 cm³/mol. The summed E-state index contributed by atoms with van der Waals surface area (Å²) in [5.74, 6) is 0. The van der Waals surface area contributed by atoms with E-state index < -0.39 is 0 Å². The molecule has 1 aliphatic heterocycles. The van der Waals surface area contributed by atoms with E-state index in [0.717, 1.165) is 0 Å². The first-order valence-electron chi connectivity index (χ1n) is 3.93. The molecule has 1 atom stereocenters. The molecule has 0 aromatic heterocycles. The Bertz CT molecular complexity index is 271. The van der Waals surface area contributed by atoms with Crippen molar-refractivity contribution in [1.29, 1.82) is 0 Å². The van der Waals surface area contributed by atoms with Crippen molar-refractivity contribution >= 4 is 11.8 Å². The van der Waals surface area contributed by atoms with Crippen molar-refractivity contribution < 1.29 is 0 Å². The van der Waals surface area contributed by atoms with E-state index in [2.05, 4.69) is 37.5 Å². The lowest BCUT2D eigenvalue weighted by Gasteiger charge is -2.28. The molecule has 0 bridgehead atoms. The van der Waals surface area contributed by atoms with Gasteiger partial charge in [-0.1, -0.05) is 23.8 Å². The van der Waals surface area contributed by atoms with Crippen LogP contribution in [0.25, 0.3) is 0 Å². The van der Waals surface area contributed by atoms with Crippen LogP contribution in [-0.2, 0) is 0 Å². The van der Waals surface area contributed by atoms with E-state index in [9.17, 15) is 0 Å². The Morgan fingerprint density at radius 1 is 1.45 bits per heavy atom. The second-order valence-corrected chi connectivity index (χ2v) is 4.87. The highest BCUT2D eigenvalue weighted by Gasteiger charge is 2.32. The molecule has 1 heteroatoms. The van der Waals surface area contributed by atoms with E-state index in [0.29, 0.717) is 4.75 Å². The number of fused-ring (bicyclic) bond motifs is 1. The van der Waals surface area contributed by atoms with Gasteiger partial charge in [0.25, 0.3) is 0 Å². The van der Waals surface area contributed by atoms with Crippen LogP contribution in [0.5, 0.6) is 0 Å². The third kappa shape index (κ3) is 1.08. The Morgan fingerprint density at radius 3 is 3.09 bits per heavy atom. The normalized spacial score (nSPS) is 34.7. The largest absolute Gasteiger partial charge is 0.122 e. The first kappa shape index (κ1) is 7.23. The van der Waals surface area contributed by atoms with Crippen LogP contribution < -0.4 is 0 Å². The first-order chi connectivity index (χ1) is 5.21. The molecule has 1 unspecified atom stereocenters. The number of hydrogen-bond acceptors (Lipinski definition) is 1. The Morgan fingerprint density at radius 2 is 2.27 bits per heavy atom. The van der Waals surface area contributed by atoms with E-state index in [1.807, 2.05) is 11.8 Å². The zero-order chi connectivity index (χ0) is 7.90. The standard InChI is InChI=1S/C10H12S/c1-8-3-4-9-5-6-11-10(9,2)7-8/h3-6H,7H2,1-2H3. The van der Waals surface area contributed by atoms with Gasteiger partial charge in [0.15, 0.2) is 0 Å². The zero-order valence-corrected chi connectivity index (χ0v) is 7.74. The minimum Gasteiger partial charge on any atom is -0.122 e. The number of thioether (sulfide) groups is 1. The maximum atomic E-state index is 2.32. The first-order valence-corrected chi connectivity index (χ1v) is 4.81. The van der Waals surface area contributed by atoms with E-state index in [4.69, 9.17) is 0 Å². The maximum absolute atomic E-state index is 2.32. The molecule has 1 heterocycles. The summed E-state index contributed by atoms with van der Waals surface area (Å²) in [7, 11) is 0. The molecule has 0 aromatic rings. The molecule has 1 aliphatic carbocycles. The van der Waals surface area contributed by atoms with Gasteiger partial charge in [-0.2, -0.15) is 0 Å². The van der Waals surface area contributed by atoms with Crippen LogP contribution >= 0.6 is 11.8 Å². The number of rotatable bonds is 0. The van der Waals surface area contributed by atoms with Crippen molar-refractivity contribution in [2.75, 3.05) is 0 Å². The third-order valence-corrected chi connectivity index (χ3v) is 3.52. The minimum absolute atomic E-state index is 0.360. The van der Waals surface area contributed by atoms with E-state index in [1.54, 1.807) is 0 Å². The van der Waals surface area contributed by atoms with Gasteiger partial charge in [-0.3, -0.25) is 0 Å². The molecule has 0 saturated carbocycles. The molecule has 0 saturated heterocycles. The lowest BCUT2D eigenvalue weighted by molar-refractivity contribution is 0.743. The summed E-state index contributed by atoms with van der Waals surface area (Å²) in [5, 5.41) is 2.21. The molecule has 58 valence electrons. The van der Waals surface area contributed by atoms with Gasteiger partial charge in [0.2, 0.25) is 0 Å². The molecule has 0 aromatic carbocycles. The smallest absolute Gasteiger partial charge is 0.0458 e. The second kappa shape index (κ2) is 2.28. The van der Waals surface area contributed by atoms with Gasteiger partial charge in [0, 0.05) is 4.75 Å². The number of allylic oxidation sites excluding steroid dienone is 4. The molecular weight excluding hydrogens is 152 g/mol. The molecular formula is C10H12S. The molecule has 2 rings (SSSR count). The van der Waals surface area contributed by atoms with Crippen molar-refractivity contribution in [3.05, 3.63) is 34.8 Å². The fourth-order valence-electron chi connectivity index (χ4n) is 1.70. The molecule has 0 fully saturated rings. The van der Waals surface area contributed by atoms with E-state index in [1.165, 1.54) is 17.6 Å². The summed E-state index contributed by atoms with van der Waals surface area (Å²) < 4.78 is 0.360. The molecule has 11 heavy (non-hydrogen) atoms. The lowest BCUT2D eigenvalue weighted by atomic mass is 9.88. The Hall–Kier alpha value is -0.430. The highest BCUT2D eigenvalue weighted by molar-refractivity contribution is 8.04. The highest BCUT2D eigenvalue weighted by atomic mass is 32.2. The maximum Gasteiger partial charge on any atom is 0.0458 e. The molecule has 0 nitrogen and oxygen atoms in total. The van der Waals surface area contributed by atoms with Crippen molar-refractivity contribution in [3.8, 4) is 0 Å². The van der Waals surface area contributed by atoms with Crippen molar-refractivity contribution in [2.24, 2.45) is 0 Å². The molecule has 0 N–H and O–H groups in total. The third-order valence-electron chi connectivity index (χ3n) is 2.35. The monoisotopic (exact) mass is 164 g/mol. The summed E-state index contributed by atoms with van der Waals surface area (Å²) in [6.45, 7) is 4.53. The second-order valence-electron chi connectivity index (χ2n) is 3.46. The van der Waals surface area contributed by atoms with Gasteiger partial charge in [0.05, 0.1) is 0 Å². The summed E-state index contributed by atoms with van der Waals surface area (Å²) in [5.41, 5.74) is 2.97. The fraction of sp³-hybridized carbons (Fsp3) is 0.400. The van der Waals surface area contributed by atoms with Crippen LogP contribution in [0, 0.1) is 0 Å². The SMILES string of the molecule is CC1=CC=C2C=CSC2(C)C1. The lowest BCUT2D eigenvalue weighted by Crippen LogP contribution is -2.21. The average Bonchev–Trinajstić information content (AvgIpc) is 2.28. The quantitative estimate of drug-likeness (QED) is 0.529. The fourth-order valence-corrected chi connectivity index (χ4v) is 2.80. The van der Waals surface area contributed by atoms with Crippen LogP contribution in [0.4, 0.5) is 0 Å². The Kier molecular flexibility index (Phi) is 1.50. The van der Waals surface area contributed by atoms with E-state index >= 15 is 0 Å². The van der Waals surface area contributed by atoms with Crippen molar-refractivity contribution in [3.63, 3.8) is 0 Å². The summed E-state index contributed by atoms with van der Waals surface area (Å²) in [4.78, 5) is 0. The van der Waals surface area contributed by atoms with Gasteiger partial charge in [0.1, 0.15) is 0 Å². The predicted octanol–water partition coefficient (Wildman–Crippen LogP) is 3.28. The Balaban J connectivity index is 2.40. The van der Waals surface area contributed by atoms with Crippen LogP contribution in [0.3, 0.4) is 0 Å². The van der Waals surface area contributed by atoms with Crippen LogP contribution in [0.2, 0.25) is 0 Å². The van der Waals surface area contributed by atoms with Crippen molar-refractivity contribution in [2.45, 2.75) is 25.0 Å². The average molecular weight is 164 g/mol. The summed E-state index contributed by atoms with van der Waals surface area (Å²) >= 11 is 1.94. The van der Waals surface area contributed by atoms with E-state index in [-0.39, 0.29) is 0 Å².